The summed E-state index contributed by atoms with van der Waals surface area (Å²) >= 11 is 0. The predicted octanol–water partition coefficient (Wildman–Crippen LogP) is 4.36. The number of rotatable bonds is 6. The van der Waals surface area contributed by atoms with Crippen LogP contribution < -0.4 is 10.0 Å². The molecule has 224 valence electrons. The van der Waals surface area contributed by atoms with Crippen LogP contribution in [-0.2, 0) is 32.7 Å². The quantitative estimate of drug-likeness (QED) is 0.442. The number of nitrogens with zero attached hydrogens (tertiary/aromatic N) is 2. The van der Waals surface area contributed by atoms with Gasteiger partial charge in [-0.2, -0.15) is 12.7 Å². The summed E-state index contributed by atoms with van der Waals surface area (Å²) in [7, 11) is -1.17. The Morgan fingerprint density at radius 1 is 0.976 bits per heavy atom. The van der Waals surface area contributed by atoms with Gasteiger partial charge < -0.3 is 14.6 Å². The van der Waals surface area contributed by atoms with Gasteiger partial charge in [-0.15, -0.1) is 0 Å². The van der Waals surface area contributed by atoms with Crippen LogP contribution >= 0.6 is 0 Å². The maximum atomic E-state index is 13.4. The normalized spacial score (nSPS) is 20.1. The van der Waals surface area contributed by atoms with Crippen molar-refractivity contribution in [3.63, 3.8) is 0 Å². The second kappa shape index (κ2) is 11.8. The smallest absolute Gasteiger partial charge is 0.303 e. The molecule has 0 radical (unpaired) electrons. The molecule has 10 heteroatoms. The molecule has 3 aromatic rings. The molecule has 6 rings (SSSR count). The molecule has 3 aliphatic rings. The fraction of sp³-hybridized carbons (Fsp3) is 0.500. The molecule has 9 nitrogen and oxygen atoms in total. The highest BCUT2D eigenvalue weighted by Gasteiger charge is 2.33. The van der Waals surface area contributed by atoms with Gasteiger partial charge in [-0.3, -0.25) is 9.59 Å². The third kappa shape index (κ3) is 5.59. The first-order chi connectivity index (χ1) is 20.2. The molecule has 2 amide bonds. The van der Waals surface area contributed by atoms with Gasteiger partial charge in [0, 0.05) is 61.8 Å². The van der Waals surface area contributed by atoms with E-state index in [0.29, 0.717) is 32.1 Å². The molecule has 1 saturated heterocycles. The Balaban J connectivity index is 1.47. The van der Waals surface area contributed by atoms with Gasteiger partial charge in [0.2, 0.25) is 5.91 Å². The van der Waals surface area contributed by atoms with Crippen LogP contribution in [0.2, 0.25) is 0 Å². The topological polar surface area (TPSA) is 110 Å². The molecule has 2 N–H and O–H groups in total. The van der Waals surface area contributed by atoms with Gasteiger partial charge in [-0.1, -0.05) is 49.6 Å². The van der Waals surface area contributed by atoms with Crippen LogP contribution in [0.25, 0.3) is 22.2 Å². The van der Waals surface area contributed by atoms with E-state index < -0.39 is 16.1 Å². The van der Waals surface area contributed by atoms with Crippen LogP contribution in [0, 0.1) is 5.92 Å². The Labute approximate surface area is 247 Å². The van der Waals surface area contributed by atoms with Crippen molar-refractivity contribution >= 4 is 32.9 Å². The van der Waals surface area contributed by atoms with Crippen molar-refractivity contribution in [2.45, 2.75) is 69.9 Å². The van der Waals surface area contributed by atoms with Crippen molar-refractivity contribution in [1.82, 2.24) is 18.9 Å². The summed E-state index contributed by atoms with van der Waals surface area (Å²) in [5.74, 6) is -0.251. The van der Waals surface area contributed by atoms with Gasteiger partial charge >= 0.3 is 10.2 Å². The van der Waals surface area contributed by atoms with Crippen LogP contribution in [0.3, 0.4) is 0 Å². The average molecular weight is 593 g/mol. The zero-order chi connectivity index (χ0) is 29.4. The standard InChI is InChI=1S/C32H40N4O5S/c1-35(2)42(39,40)34-32(38)24-12-13-27-28(19-24)36-20-25(33-31(37)22-14-16-41-17-15-22)18-23-10-6-7-11-26(23)30(36)29(27)21-8-4-3-5-9-21/h6-7,10-13,19,21-22,25H,3-5,8-9,14-18,20H2,1-2H3,(H,33,37)(H,34,38)/t25-/m0/s1. The molecule has 2 aliphatic heterocycles. The monoisotopic (exact) mass is 592 g/mol. The van der Waals surface area contributed by atoms with E-state index in [4.69, 9.17) is 4.74 Å². The number of benzene rings is 2. The maximum Gasteiger partial charge on any atom is 0.303 e. The van der Waals surface area contributed by atoms with Gasteiger partial charge in [0.1, 0.15) is 0 Å². The van der Waals surface area contributed by atoms with E-state index in [1.165, 1.54) is 50.0 Å². The van der Waals surface area contributed by atoms with Crippen LogP contribution in [-0.4, -0.2) is 62.5 Å². The lowest BCUT2D eigenvalue weighted by molar-refractivity contribution is -0.128. The van der Waals surface area contributed by atoms with Gasteiger partial charge in [0.25, 0.3) is 5.91 Å². The highest BCUT2D eigenvalue weighted by molar-refractivity contribution is 7.87. The lowest BCUT2D eigenvalue weighted by atomic mass is 9.81. The second-order valence-electron chi connectivity index (χ2n) is 12.1. The molecule has 0 bridgehead atoms. The number of hydrogen-bond acceptors (Lipinski definition) is 5. The number of carbonyl (C=O) groups is 2. The Bertz CT molecular complexity index is 1600. The molecule has 2 fully saturated rings. The first-order valence-corrected chi connectivity index (χ1v) is 16.5. The minimum Gasteiger partial charge on any atom is -0.381 e. The van der Waals surface area contributed by atoms with Gasteiger partial charge in [-0.05, 0) is 61.3 Å². The fourth-order valence-corrected chi connectivity index (χ4v) is 7.46. The SMILES string of the molecule is CN(C)S(=O)(=O)NC(=O)c1ccc2c(C3CCCCC3)c3n(c2c1)C[C@@H](NC(=O)C1CCOCC1)Cc1ccccc1-3. The number of amides is 2. The average Bonchev–Trinajstić information content (AvgIpc) is 3.21. The van der Waals surface area contributed by atoms with Crippen LogP contribution in [0.5, 0.6) is 0 Å². The highest BCUT2D eigenvalue weighted by atomic mass is 32.2. The largest absolute Gasteiger partial charge is 0.381 e. The molecular weight excluding hydrogens is 552 g/mol. The van der Waals surface area contributed by atoms with Crippen molar-refractivity contribution in [3.8, 4) is 11.3 Å². The third-order valence-corrected chi connectivity index (χ3v) is 10.6. The number of hydrogen-bond donors (Lipinski definition) is 2. The van der Waals surface area contributed by atoms with Crippen molar-refractivity contribution in [2.75, 3.05) is 27.3 Å². The number of carbonyl (C=O) groups excluding carboxylic acids is 2. The number of nitrogens with one attached hydrogen (secondary N) is 2. The molecule has 1 aromatic heterocycles. The fourth-order valence-electron chi connectivity index (χ4n) is 6.92. The second-order valence-corrected chi connectivity index (χ2v) is 14.0. The summed E-state index contributed by atoms with van der Waals surface area (Å²) in [5, 5.41) is 4.46. The van der Waals surface area contributed by atoms with E-state index in [1.54, 1.807) is 6.07 Å². The lowest BCUT2D eigenvalue weighted by Gasteiger charge is -2.25. The molecule has 1 atom stereocenters. The van der Waals surface area contributed by atoms with Crippen LogP contribution in [0.4, 0.5) is 0 Å². The van der Waals surface area contributed by atoms with Gasteiger partial charge in [0.05, 0.1) is 11.7 Å². The molecule has 0 unspecified atom stereocenters. The first-order valence-electron chi connectivity index (χ1n) is 15.1. The molecule has 1 saturated carbocycles. The van der Waals surface area contributed by atoms with E-state index in [0.717, 1.165) is 46.6 Å². The first kappa shape index (κ1) is 28.9. The van der Waals surface area contributed by atoms with E-state index in [2.05, 4.69) is 38.9 Å². The molecule has 0 spiro atoms. The minimum atomic E-state index is -3.94. The lowest BCUT2D eigenvalue weighted by Crippen LogP contribution is -2.43. The van der Waals surface area contributed by atoms with E-state index in [9.17, 15) is 18.0 Å². The van der Waals surface area contributed by atoms with Crippen LogP contribution in [0.15, 0.2) is 42.5 Å². The summed E-state index contributed by atoms with van der Waals surface area (Å²) in [6.07, 6.45) is 8.00. The summed E-state index contributed by atoms with van der Waals surface area (Å²) in [6, 6.07) is 13.8. The highest BCUT2D eigenvalue weighted by Crippen LogP contribution is 2.46. The summed E-state index contributed by atoms with van der Waals surface area (Å²) < 4.78 is 35.7. The maximum absolute atomic E-state index is 13.4. The molecular formula is C32H40N4O5S. The summed E-state index contributed by atoms with van der Waals surface area (Å²) in [5.41, 5.74) is 6.00. The van der Waals surface area contributed by atoms with Gasteiger partial charge in [-0.25, -0.2) is 4.72 Å². The Kier molecular flexibility index (Phi) is 8.13. The van der Waals surface area contributed by atoms with E-state index >= 15 is 0 Å². The van der Waals surface area contributed by atoms with Crippen molar-refractivity contribution < 1.29 is 22.7 Å². The van der Waals surface area contributed by atoms with E-state index in [-0.39, 0.29) is 23.4 Å². The molecule has 1 aliphatic carbocycles. The minimum absolute atomic E-state index is 0.0510. The Morgan fingerprint density at radius 3 is 2.45 bits per heavy atom. The molecule has 3 heterocycles. The van der Waals surface area contributed by atoms with E-state index in [1.807, 2.05) is 12.1 Å². The zero-order valence-electron chi connectivity index (χ0n) is 24.4. The molecule has 2 aromatic carbocycles. The molecule has 42 heavy (non-hydrogen) atoms. The third-order valence-electron chi connectivity index (χ3n) is 9.16. The zero-order valence-corrected chi connectivity index (χ0v) is 25.2. The predicted molar refractivity (Wildman–Crippen MR) is 162 cm³/mol. The number of fused-ring (bicyclic) bond motifs is 5. The Hall–Kier alpha value is -3.21. The number of aromatic nitrogens is 1. The Morgan fingerprint density at radius 2 is 1.71 bits per heavy atom. The van der Waals surface area contributed by atoms with Crippen LogP contribution in [0.1, 0.15) is 72.3 Å². The van der Waals surface area contributed by atoms with Gasteiger partial charge in [0.15, 0.2) is 0 Å². The summed E-state index contributed by atoms with van der Waals surface area (Å²) in [4.78, 5) is 26.5. The van der Waals surface area contributed by atoms with Crippen molar-refractivity contribution in [1.29, 1.82) is 0 Å². The number of ether oxygens (including phenoxy) is 1. The van der Waals surface area contributed by atoms with Crippen molar-refractivity contribution in [2.24, 2.45) is 5.92 Å². The van der Waals surface area contributed by atoms with Crippen molar-refractivity contribution in [3.05, 3.63) is 59.2 Å². The summed E-state index contributed by atoms with van der Waals surface area (Å²) in [6.45, 7) is 1.78.